The Morgan fingerprint density at radius 1 is 1.24 bits per heavy atom. The van der Waals surface area contributed by atoms with Crippen molar-refractivity contribution in [2.45, 2.75) is 84.0 Å². The van der Waals surface area contributed by atoms with Crippen LogP contribution in [-0.2, 0) is 4.79 Å². The Hall–Kier alpha value is -0.610. The number of carbonyl (C=O) groups excluding carboxylic acids is 1. The molecule has 2 saturated heterocycles. The zero-order chi connectivity index (χ0) is 15.2. The van der Waals surface area contributed by atoms with Crippen LogP contribution in [0.25, 0.3) is 0 Å². The second kappa shape index (κ2) is 8.14. The number of carbonyl (C=O) groups is 1. The fraction of sp³-hybridized carbons (Fsp3) is 0.941. The monoisotopic (exact) mass is 295 g/mol. The Morgan fingerprint density at radius 2 is 1.95 bits per heavy atom. The lowest BCUT2D eigenvalue weighted by atomic mass is 10.1. The predicted molar refractivity (Wildman–Crippen MR) is 87.1 cm³/mol. The Labute approximate surface area is 130 Å². The first-order chi connectivity index (χ1) is 10.2. The van der Waals surface area contributed by atoms with Gasteiger partial charge in [0.05, 0.1) is 12.2 Å². The highest BCUT2D eigenvalue weighted by Gasteiger charge is 2.40. The molecule has 2 rings (SSSR count). The molecule has 0 radical (unpaired) electrons. The van der Waals surface area contributed by atoms with Crippen LogP contribution >= 0.6 is 0 Å². The number of likely N-dealkylation sites (tertiary alicyclic amines) is 1. The van der Waals surface area contributed by atoms with Crippen molar-refractivity contribution >= 4 is 5.91 Å². The molecule has 0 bridgehead atoms. The third kappa shape index (κ3) is 4.19. The average molecular weight is 295 g/mol. The van der Waals surface area contributed by atoms with E-state index in [1.165, 1.54) is 32.4 Å². The maximum absolute atomic E-state index is 12.7. The summed E-state index contributed by atoms with van der Waals surface area (Å²) in [4.78, 5) is 17.4. The van der Waals surface area contributed by atoms with Gasteiger partial charge in [0.2, 0.25) is 5.91 Å². The number of nitrogens with zero attached hydrogens (tertiary/aromatic N) is 2. The quantitative estimate of drug-likeness (QED) is 0.784. The Bertz CT molecular complexity index is 328. The van der Waals surface area contributed by atoms with Gasteiger partial charge in [0.15, 0.2) is 0 Å². The summed E-state index contributed by atoms with van der Waals surface area (Å²) in [6.07, 6.45) is 8.51. The molecule has 21 heavy (non-hydrogen) atoms. The molecule has 3 unspecified atom stereocenters. The van der Waals surface area contributed by atoms with Crippen LogP contribution in [0.1, 0.15) is 65.7 Å². The maximum Gasteiger partial charge on any atom is 0.241 e. The van der Waals surface area contributed by atoms with Crippen LogP contribution in [0.2, 0.25) is 0 Å². The minimum Gasteiger partial charge on any atom is -0.322 e. The van der Waals surface area contributed by atoms with E-state index in [9.17, 15) is 4.79 Å². The van der Waals surface area contributed by atoms with Crippen molar-refractivity contribution < 1.29 is 4.79 Å². The molecule has 0 spiro atoms. The zero-order valence-electron chi connectivity index (χ0n) is 14.1. The highest BCUT2D eigenvalue weighted by Crippen LogP contribution is 2.21. The van der Waals surface area contributed by atoms with Crippen molar-refractivity contribution in [2.75, 3.05) is 19.6 Å². The molecule has 2 aliphatic rings. The van der Waals surface area contributed by atoms with Crippen molar-refractivity contribution in [2.24, 2.45) is 0 Å². The molecule has 0 aliphatic carbocycles. The number of unbranched alkanes of at least 4 members (excludes halogenated alkanes) is 1. The molecule has 2 heterocycles. The van der Waals surface area contributed by atoms with E-state index in [0.717, 1.165) is 32.2 Å². The van der Waals surface area contributed by atoms with Crippen LogP contribution in [-0.4, -0.2) is 53.6 Å². The van der Waals surface area contributed by atoms with Gasteiger partial charge in [-0.3, -0.25) is 10.1 Å². The summed E-state index contributed by atoms with van der Waals surface area (Å²) in [6.45, 7) is 10.0. The lowest BCUT2D eigenvalue weighted by Gasteiger charge is -2.35. The van der Waals surface area contributed by atoms with E-state index in [2.05, 4.69) is 35.9 Å². The number of piperidine rings is 1. The van der Waals surface area contributed by atoms with Crippen LogP contribution in [0, 0.1) is 0 Å². The van der Waals surface area contributed by atoms with Gasteiger partial charge in [0.25, 0.3) is 0 Å². The second-order valence-corrected chi connectivity index (χ2v) is 6.74. The van der Waals surface area contributed by atoms with Crippen LogP contribution in [0.15, 0.2) is 0 Å². The van der Waals surface area contributed by atoms with E-state index in [0.29, 0.717) is 11.9 Å². The van der Waals surface area contributed by atoms with Gasteiger partial charge in [-0.1, -0.05) is 33.1 Å². The SMILES string of the molecule is CCCCC1NC(CC)N(C(C)CN2CCCCC2)C1=O. The molecule has 1 N–H and O–H groups in total. The standard InChI is InChI=1S/C17H33N3O/c1-4-6-10-15-17(21)20(16(5-2)18-15)14(3)13-19-11-8-7-9-12-19/h14-16,18H,4-13H2,1-3H3. The number of rotatable bonds is 7. The van der Waals surface area contributed by atoms with E-state index in [4.69, 9.17) is 0 Å². The molecule has 2 aliphatic heterocycles. The van der Waals surface area contributed by atoms with Gasteiger partial charge in [-0.15, -0.1) is 0 Å². The minimum atomic E-state index is 0.0544. The summed E-state index contributed by atoms with van der Waals surface area (Å²) in [6, 6.07) is 0.374. The van der Waals surface area contributed by atoms with E-state index >= 15 is 0 Å². The zero-order valence-corrected chi connectivity index (χ0v) is 14.1. The molecule has 2 fully saturated rings. The summed E-state index contributed by atoms with van der Waals surface area (Å²) >= 11 is 0. The molecular weight excluding hydrogens is 262 g/mol. The lowest BCUT2D eigenvalue weighted by Crippen LogP contribution is -2.49. The summed E-state index contributed by atoms with van der Waals surface area (Å²) in [7, 11) is 0. The average Bonchev–Trinajstić information content (AvgIpc) is 2.82. The fourth-order valence-electron chi connectivity index (χ4n) is 3.77. The molecule has 0 aromatic heterocycles. The van der Waals surface area contributed by atoms with Crippen LogP contribution in [0.4, 0.5) is 0 Å². The molecule has 0 saturated carbocycles. The summed E-state index contributed by atoms with van der Waals surface area (Å²) in [5.74, 6) is 0.333. The number of nitrogens with one attached hydrogen (secondary N) is 1. The maximum atomic E-state index is 12.7. The van der Waals surface area contributed by atoms with Crippen LogP contribution < -0.4 is 5.32 Å². The van der Waals surface area contributed by atoms with E-state index in [1.54, 1.807) is 0 Å². The minimum absolute atomic E-state index is 0.0544. The number of hydrogen-bond donors (Lipinski definition) is 1. The third-order valence-corrected chi connectivity index (χ3v) is 4.96. The lowest BCUT2D eigenvalue weighted by molar-refractivity contribution is -0.132. The fourth-order valence-corrected chi connectivity index (χ4v) is 3.77. The first-order valence-electron chi connectivity index (χ1n) is 8.98. The van der Waals surface area contributed by atoms with Gasteiger partial charge in [-0.25, -0.2) is 0 Å². The normalized spacial score (nSPS) is 29.1. The van der Waals surface area contributed by atoms with Crippen LogP contribution in [0.5, 0.6) is 0 Å². The second-order valence-electron chi connectivity index (χ2n) is 6.74. The van der Waals surface area contributed by atoms with Gasteiger partial charge in [0, 0.05) is 12.6 Å². The smallest absolute Gasteiger partial charge is 0.241 e. The van der Waals surface area contributed by atoms with Crippen LogP contribution in [0.3, 0.4) is 0 Å². The first-order valence-corrected chi connectivity index (χ1v) is 8.98. The topological polar surface area (TPSA) is 35.6 Å². The molecule has 0 aromatic rings. The molecule has 0 aromatic carbocycles. The van der Waals surface area contributed by atoms with Gasteiger partial charge >= 0.3 is 0 Å². The highest BCUT2D eigenvalue weighted by molar-refractivity contribution is 5.84. The van der Waals surface area contributed by atoms with E-state index in [-0.39, 0.29) is 12.2 Å². The summed E-state index contributed by atoms with van der Waals surface area (Å²) in [5.41, 5.74) is 0. The third-order valence-electron chi connectivity index (χ3n) is 4.96. The Morgan fingerprint density at radius 3 is 2.57 bits per heavy atom. The first kappa shape index (κ1) is 16.8. The van der Waals surface area contributed by atoms with Gasteiger partial charge in [0.1, 0.15) is 0 Å². The predicted octanol–water partition coefficient (Wildman–Crippen LogP) is 2.59. The largest absolute Gasteiger partial charge is 0.322 e. The van der Waals surface area contributed by atoms with Crippen molar-refractivity contribution in [3.63, 3.8) is 0 Å². The molecule has 122 valence electrons. The van der Waals surface area contributed by atoms with E-state index < -0.39 is 0 Å². The number of amides is 1. The van der Waals surface area contributed by atoms with Gasteiger partial charge < -0.3 is 9.80 Å². The highest BCUT2D eigenvalue weighted by atomic mass is 16.2. The molecule has 1 amide bonds. The summed E-state index contributed by atoms with van der Waals surface area (Å²) < 4.78 is 0. The number of hydrogen-bond acceptors (Lipinski definition) is 3. The van der Waals surface area contributed by atoms with Crippen molar-refractivity contribution in [1.29, 1.82) is 0 Å². The van der Waals surface area contributed by atoms with Crippen molar-refractivity contribution in [3.05, 3.63) is 0 Å². The van der Waals surface area contributed by atoms with Gasteiger partial charge in [-0.05, 0) is 45.7 Å². The molecule has 4 heteroatoms. The molecular formula is C17H33N3O. The Kier molecular flexibility index (Phi) is 6.49. The molecule has 3 atom stereocenters. The van der Waals surface area contributed by atoms with E-state index in [1.807, 2.05) is 0 Å². The van der Waals surface area contributed by atoms with Crippen molar-refractivity contribution in [3.8, 4) is 0 Å². The summed E-state index contributed by atoms with van der Waals surface area (Å²) in [5, 5.41) is 3.55. The molecule has 4 nitrogen and oxygen atoms in total. The Balaban J connectivity index is 1.93. The van der Waals surface area contributed by atoms with Crippen molar-refractivity contribution in [1.82, 2.24) is 15.1 Å². The van der Waals surface area contributed by atoms with Gasteiger partial charge in [-0.2, -0.15) is 0 Å².